The number of hydrogen-bond acceptors (Lipinski definition) is 2. The van der Waals surface area contributed by atoms with Gasteiger partial charge in [0.2, 0.25) is 0 Å². The highest BCUT2D eigenvalue weighted by Gasteiger charge is 2.20. The van der Waals surface area contributed by atoms with Crippen LogP contribution in [0.5, 0.6) is 0 Å². The van der Waals surface area contributed by atoms with Gasteiger partial charge in [-0.15, -0.1) is 0 Å². The lowest BCUT2D eigenvalue weighted by Crippen LogP contribution is -2.20. The molecule has 0 aliphatic carbocycles. The van der Waals surface area contributed by atoms with Crippen LogP contribution >= 0.6 is 0 Å². The summed E-state index contributed by atoms with van der Waals surface area (Å²) < 4.78 is 0. The van der Waals surface area contributed by atoms with E-state index in [0.29, 0.717) is 0 Å². The lowest BCUT2D eigenvalue weighted by Gasteiger charge is -2.16. The first-order valence-corrected chi connectivity index (χ1v) is 5.04. The lowest BCUT2D eigenvalue weighted by molar-refractivity contribution is 0.296. The molecular formula is C12H17N2. The Hall–Kier alpha value is -1.02. The minimum Gasteiger partial charge on any atom is -0.398 e. The van der Waals surface area contributed by atoms with Crippen molar-refractivity contribution in [2.24, 2.45) is 0 Å². The van der Waals surface area contributed by atoms with Gasteiger partial charge in [-0.3, -0.25) is 4.90 Å². The Bertz CT molecular complexity index is 331. The van der Waals surface area contributed by atoms with E-state index in [1.54, 1.807) is 0 Å². The lowest BCUT2D eigenvalue weighted by atomic mass is 10.1. The summed E-state index contributed by atoms with van der Waals surface area (Å²) in [6.45, 7) is 7.48. The largest absolute Gasteiger partial charge is 0.398 e. The molecule has 1 heterocycles. The number of nitrogens with two attached hydrogens (primary N) is 1. The molecule has 0 spiro atoms. The molecule has 2 nitrogen and oxygen atoms in total. The monoisotopic (exact) mass is 189 g/mol. The van der Waals surface area contributed by atoms with Gasteiger partial charge < -0.3 is 5.73 Å². The van der Waals surface area contributed by atoms with Gasteiger partial charge in [0.1, 0.15) is 0 Å². The standard InChI is InChI=1S/C12H17N2/c1-9(2)6-14-7-10-4-3-5-12(13)11(10)8-14/h3-5H,6-8,13H2,1-2H3. The molecule has 1 aromatic carbocycles. The second-order valence-electron chi connectivity index (χ2n) is 4.34. The van der Waals surface area contributed by atoms with Gasteiger partial charge in [0.05, 0.1) is 0 Å². The molecule has 2 heteroatoms. The molecule has 0 atom stereocenters. The van der Waals surface area contributed by atoms with E-state index >= 15 is 0 Å². The van der Waals surface area contributed by atoms with Crippen LogP contribution in [0.15, 0.2) is 18.2 Å². The SMILES string of the molecule is C[C](C)CN1Cc2cccc(N)c2C1. The Morgan fingerprint density at radius 2 is 2.14 bits per heavy atom. The van der Waals surface area contributed by atoms with E-state index < -0.39 is 0 Å². The van der Waals surface area contributed by atoms with E-state index in [1.807, 2.05) is 12.1 Å². The zero-order valence-electron chi connectivity index (χ0n) is 8.88. The van der Waals surface area contributed by atoms with E-state index in [2.05, 4.69) is 24.8 Å². The molecule has 1 aromatic rings. The van der Waals surface area contributed by atoms with Crippen LogP contribution < -0.4 is 5.73 Å². The Balaban J connectivity index is 2.14. The predicted molar refractivity (Wildman–Crippen MR) is 59.6 cm³/mol. The van der Waals surface area contributed by atoms with Crippen LogP contribution in [0.3, 0.4) is 0 Å². The van der Waals surface area contributed by atoms with Gasteiger partial charge in [0.15, 0.2) is 0 Å². The second kappa shape index (κ2) is 3.62. The van der Waals surface area contributed by atoms with Crippen molar-refractivity contribution >= 4 is 5.69 Å². The molecule has 2 N–H and O–H groups in total. The molecule has 1 radical (unpaired) electrons. The Morgan fingerprint density at radius 1 is 1.36 bits per heavy atom. The summed E-state index contributed by atoms with van der Waals surface area (Å²) in [7, 11) is 0. The normalized spacial score (nSPS) is 16.2. The van der Waals surface area contributed by atoms with Gasteiger partial charge in [-0.1, -0.05) is 26.0 Å². The van der Waals surface area contributed by atoms with E-state index in [1.165, 1.54) is 17.0 Å². The molecule has 1 aliphatic rings. The van der Waals surface area contributed by atoms with E-state index in [4.69, 9.17) is 5.73 Å². The van der Waals surface area contributed by atoms with E-state index in [0.717, 1.165) is 25.3 Å². The van der Waals surface area contributed by atoms with E-state index in [9.17, 15) is 0 Å². The summed E-state index contributed by atoms with van der Waals surface area (Å²) in [5, 5.41) is 0. The van der Waals surface area contributed by atoms with Crippen molar-refractivity contribution in [2.45, 2.75) is 26.9 Å². The molecule has 0 saturated heterocycles. The third kappa shape index (κ3) is 1.75. The van der Waals surface area contributed by atoms with Crippen LogP contribution in [0.4, 0.5) is 5.69 Å². The van der Waals surface area contributed by atoms with Crippen molar-refractivity contribution in [3.63, 3.8) is 0 Å². The minimum absolute atomic E-state index is 0.943. The molecule has 2 rings (SSSR count). The predicted octanol–water partition coefficient (Wildman–Crippen LogP) is 2.20. The molecular weight excluding hydrogens is 172 g/mol. The maximum atomic E-state index is 5.93. The molecule has 0 unspecified atom stereocenters. The zero-order chi connectivity index (χ0) is 10.1. The summed E-state index contributed by atoms with van der Waals surface area (Å²) in [5.41, 5.74) is 9.60. The van der Waals surface area contributed by atoms with Crippen LogP contribution in [0.1, 0.15) is 25.0 Å². The maximum absolute atomic E-state index is 5.93. The highest BCUT2D eigenvalue weighted by atomic mass is 15.1. The molecule has 1 aliphatic heterocycles. The molecule has 75 valence electrons. The number of benzene rings is 1. The third-order valence-electron chi connectivity index (χ3n) is 2.62. The molecule has 0 bridgehead atoms. The minimum atomic E-state index is 0.943. The smallest absolute Gasteiger partial charge is 0.0363 e. The van der Waals surface area contributed by atoms with Crippen LogP contribution in [-0.2, 0) is 13.1 Å². The fraction of sp³-hybridized carbons (Fsp3) is 0.417. The topological polar surface area (TPSA) is 29.3 Å². The fourth-order valence-electron chi connectivity index (χ4n) is 2.07. The van der Waals surface area contributed by atoms with Crippen molar-refractivity contribution in [3.05, 3.63) is 35.2 Å². The van der Waals surface area contributed by atoms with Crippen LogP contribution in [-0.4, -0.2) is 11.4 Å². The summed E-state index contributed by atoms with van der Waals surface area (Å²) in [6, 6.07) is 6.21. The molecule has 0 aromatic heterocycles. The van der Waals surface area contributed by atoms with Crippen LogP contribution in [0.25, 0.3) is 0 Å². The Labute approximate surface area is 85.7 Å². The maximum Gasteiger partial charge on any atom is 0.0363 e. The zero-order valence-corrected chi connectivity index (χ0v) is 8.88. The first-order chi connectivity index (χ1) is 6.66. The molecule has 0 fully saturated rings. The van der Waals surface area contributed by atoms with Gasteiger partial charge in [-0.05, 0) is 23.1 Å². The fourth-order valence-corrected chi connectivity index (χ4v) is 2.07. The quantitative estimate of drug-likeness (QED) is 0.723. The van der Waals surface area contributed by atoms with Crippen molar-refractivity contribution in [3.8, 4) is 0 Å². The average Bonchev–Trinajstić information content (AvgIpc) is 2.47. The van der Waals surface area contributed by atoms with Crippen LogP contribution in [0, 0.1) is 5.92 Å². The molecule has 14 heavy (non-hydrogen) atoms. The van der Waals surface area contributed by atoms with Gasteiger partial charge in [0.25, 0.3) is 0 Å². The van der Waals surface area contributed by atoms with Crippen molar-refractivity contribution in [1.29, 1.82) is 0 Å². The summed E-state index contributed by atoms with van der Waals surface area (Å²) in [5.74, 6) is 1.45. The number of nitrogen functional groups attached to an aromatic ring is 1. The van der Waals surface area contributed by atoms with Gasteiger partial charge >= 0.3 is 0 Å². The summed E-state index contributed by atoms with van der Waals surface area (Å²) in [4.78, 5) is 2.43. The van der Waals surface area contributed by atoms with Crippen molar-refractivity contribution in [1.82, 2.24) is 4.90 Å². The number of anilines is 1. The number of rotatable bonds is 2. The highest BCUT2D eigenvalue weighted by molar-refractivity contribution is 5.52. The van der Waals surface area contributed by atoms with E-state index in [-0.39, 0.29) is 0 Å². The first-order valence-electron chi connectivity index (χ1n) is 5.04. The number of hydrogen-bond donors (Lipinski definition) is 1. The summed E-state index contributed by atoms with van der Waals surface area (Å²) in [6.07, 6.45) is 0. The summed E-state index contributed by atoms with van der Waals surface area (Å²) >= 11 is 0. The molecule has 0 saturated carbocycles. The van der Waals surface area contributed by atoms with Gasteiger partial charge in [0, 0.05) is 25.3 Å². The molecule has 0 amide bonds. The van der Waals surface area contributed by atoms with Gasteiger partial charge in [-0.25, -0.2) is 0 Å². The van der Waals surface area contributed by atoms with Crippen molar-refractivity contribution < 1.29 is 0 Å². The Kier molecular flexibility index (Phi) is 2.46. The third-order valence-corrected chi connectivity index (χ3v) is 2.62. The number of nitrogens with zero attached hydrogens (tertiary/aromatic N) is 1. The van der Waals surface area contributed by atoms with Gasteiger partial charge in [-0.2, -0.15) is 0 Å². The first kappa shape index (κ1) is 9.53. The van der Waals surface area contributed by atoms with Crippen molar-refractivity contribution in [2.75, 3.05) is 12.3 Å². The number of fused-ring (bicyclic) bond motifs is 1. The highest BCUT2D eigenvalue weighted by Crippen LogP contribution is 2.27. The second-order valence-corrected chi connectivity index (χ2v) is 4.34. The Morgan fingerprint density at radius 3 is 2.79 bits per heavy atom. The average molecular weight is 189 g/mol. The van der Waals surface area contributed by atoms with Crippen LogP contribution in [0.2, 0.25) is 0 Å².